The minimum Gasteiger partial charge on any atom is -0.304 e. The van der Waals surface area contributed by atoms with E-state index in [4.69, 9.17) is 4.98 Å². The Morgan fingerprint density at radius 2 is 0.767 bits per heavy atom. The Morgan fingerprint density at radius 3 is 1.22 bits per heavy atom. The molecule has 0 atom stereocenters. The normalized spacial score (nSPS) is 11.0. The van der Waals surface area contributed by atoms with E-state index in [-0.39, 0.29) is 31.7 Å². The molecule has 3 aromatic heterocycles. The zero-order chi connectivity index (χ0) is 48.4. The van der Waals surface area contributed by atoms with Crippen molar-refractivity contribution in [3.8, 4) is 112 Å². The minimum atomic E-state index is -0.356. The molecule has 5 nitrogen and oxygen atoms in total. The van der Waals surface area contributed by atoms with Crippen molar-refractivity contribution in [1.82, 2.24) is 24.5 Å². The molecule has 0 radical (unpaired) electrons. The summed E-state index contributed by atoms with van der Waals surface area (Å²) < 4.78 is 31.1. The molecule has 348 valence electrons. The van der Waals surface area contributed by atoms with Gasteiger partial charge in [0.15, 0.2) is 0 Å². The number of aromatic nitrogens is 5. The molecule has 9 aromatic carbocycles. The quantitative estimate of drug-likeness (QED) is 0.121. The van der Waals surface area contributed by atoms with Crippen LogP contribution in [0.3, 0.4) is 0 Å². The molecule has 0 N–H and O–H groups in total. The smallest absolute Gasteiger partial charge is 0.304 e. The van der Waals surface area contributed by atoms with Gasteiger partial charge < -0.3 is 4.98 Å². The van der Waals surface area contributed by atoms with E-state index >= 15 is 0 Å². The molecule has 0 saturated heterocycles. The first kappa shape index (κ1) is 46.4. The second kappa shape index (κ2) is 20.4. The first-order valence-electron chi connectivity index (χ1n) is 23.5. The fraction of sp³-hybridized carbons (Fsp3) is 0. The first-order valence-corrected chi connectivity index (χ1v) is 23.5. The summed E-state index contributed by atoms with van der Waals surface area (Å²) in [5.41, 5.74) is 19.4. The Balaban J connectivity index is 0.00000574. The molecule has 3 heterocycles. The van der Waals surface area contributed by atoms with E-state index in [2.05, 4.69) is 168 Å². The van der Waals surface area contributed by atoms with Gasteiger partial charge in [-0.1, -0.05) is 140 Å². The molecule has 8 heteroatoms. The van der Waals surface area contributed by atoms with Crippen LogP contribution >= 0.6 is 0 Å². The van der Waals surface area contributed by atoms with Crippen molar-refractivity contribution < 1.29 is 28.9 Å². The summed E-state index contributed by atoms with van der Waals surface area (Å²) in [7, 11) is 0. The van der Waals surface area contributed by atoms with Gasteiger partial charge in [-0.2, -0.15) is 22.3 Å². The van der Waals surface area contributed by atoms with Crippen LogP contribution in [-0.4, -0.2) is 24.5 Å². The molecule has 0 saturated carbocycles. The molecule has 0 aliphatic rings. The van der Waals surface area contributed by atoms with Crippen LogP contribution in [0.2, 0.25) is 0 Å². The second-order valence-electron chi connectivity index (χ2n) is 17.4. The monoisotopic (exact) mass is 1120 g/mol. The third kappa shape index (κ3) is 9.65. The van der Waals surface area contributed by atoms with Crippen LogP contribution in [0.25, 0.3) is 112 Å². The summed E-state index contributed by atoms with van der Waals surface area (Å²) in [5, 5.41) is 9.32. The largest absolute Gasteiger partial charge is 3.00 e. The van der Waals surface area contributed by atoms with Gasteiger partial charge in [-0.25, -0.2) is 0 Å². The van der Waals surface area contributed by atoms with Crippen LogP contribution in [0.1, 0.15) is 0 Å². The zero-order valence-corrected chi connectivity index (χ0v) is 41.3. The zero-order valence-electron chi connectivity index (χ0n) is 38.9. The number of hydrogen-bond donors (Lipinski definition) is 0. The van der Waals surface area contributed by atoms with Crippen molar-refractivity contribution in [3.05, 3.63) is 273 Å². The first-order chi connectivity index (χ1) is 35.5. The van der Waals surface area contributed by atoms with Gasteiger partial charge in [-0.3, -0.25) is 18.1 Å². The van der Waals surface area contributed by atoms with Crippen molar-refractivity contribution in [2.75, 3.05) is 0 Å². The van der Waals surface area contributed by atoms with Crippen LogP contribution in [0.15, 0.2) is 243 Å². The van der Waals surface area contributed by atoms with E-state index in [1.54, 1.807) is 21.5 Å². The van der Waals surface area contributed by atoms with Crippen LogP contribution in [0, 0.1) is 29.8 Å². The van der Waals surface area contributed by atoms with Crippen LogP contribution in [-0.2, 0) is 20.1 Å². The van der Waals surface area contributed by atoms with Gasteiger partial charge in [0, 0.05) is 41.4 Å². The van der Waals surface area contributed by atoms with Crippen LogP contribution < -0.4 is 0 Å². The average molecular weight is 1120 g/mol. The van der Waals surface area contributed by atoms with Gasteiger partial charge in [-0.05, 0) is 108 Å². The van der Waals surface area contributed by atoms with Crippen molar-refractivity contribution in [2.24, 2.45) is 0 Å². The minimum absolute atomic E-state index is 0. The molecular weight excluding hydrogens is 1080 g/mol. The summed E-state index contributed by atoms with van der Waals surface area (Å²) >= 11 is 0. The third-order valence-electron chi connectivity index (χ3n) is 12.9. The fourth-order valence-corrected chi connectivity index (χ4v) is 9.31. The van der Waals surface area contributed by atoms with Crippen LogP contribution in [0.5, 0.6) is 0 Å². The molecule has 0 aliphatic carbocycles. The van der Waals surface area contributed by atoms with Gasteiger partial charge in [-0.15, -0.1) is 71.8 Å². The van der Waals surface area contributed by atoms with Crippen LogP contribution in [0.4, 0.5) is 8.78 Å². The van der Waals surface area contributed by atoms with E-state index in [1.807, 2.05) is 67.4 Å². The van der Waals surface area contributed by atoms with E-state index in [1.165, 1.54) is 35.4 Å². The number of rotatable bonds is 11. The van der Waals surface area contributed by atoms with Crippen molar-refractivity contribution in [3.63, 3.8) is 0 Å². The summed E-state index contributed by atoms with van der Waals surface area (Å²) in [6, 6.07) is 79.4. The molecule has 0 amide bonds. The maximum absolute atomic E-state index is 13.9. The summed E-state index contributed by atoms with van der Waals surface area (Å²) in [6.07, 6.45) is 9.50. The van der Waals surface area contributed by atoms with E-state index < -0.39 is 0 Å². The Labute approximate surface area is 435 Å². The number of hydrogen-bond acceptors (Lipinski definition) is 3. The summed E-state index contributed by atoms with van der Waals surface area (Å²) in [5.74, 6) is -0.712. The van der Waals surface area contributed by atoms with E-state index in [0.717, 1.165) is 89.1 Å². The standard InChI is InChI=1S/C65H40F2N5.Ir/c66-55-26-30-57(31-27-55)71-42-53(40-69-71)63-19-8-6-17-61(63)51-36-50(37-52(38-51)62-18-7-9-20-64(62)54-41-70-72(43-54)58-32-28-56(67)29-33-58)60-16-5-4-15-59(60)49-25-34-65(68-39-49)48-14-10-13-47(35-48)46-23-21-45(22-24-46)44-11-2-1-3-12-44;/h1-13,15-30,32,34-43H;/q-3;+3. The third-order valence-corrected chi connectivity index (χ3v) is 12.9. The predicted octanol–water partition coefficient (Wildman–Crippen LogP) is 16.1. The van der Waals surface area contributed by atoms with Crippen molar-refractivity contribution in [2.45, 2.75) is 0 Å². The number of pyridine rings is 1. The van der Waals surface area contributed by atoms with Gasteiger partial charge in [0.25, 0.3) is 0 Å². The summed E-state index contributed by atoms with van der Waals surface area (Å²) in [6.45, 7) is 0. The maximum Gasteiger partial charge on any atom is 3.00 e. The van der Waals surface area contributed by atoms with Gasteiger partial charge >= 0.3 is 20.1 Å². The fourth-order valence-electron chi connectivity index (χ4n) is 9.31. The van der Waals surface area contributed by atoms with Gasteiger partial charge in [0.2, 0.25) is 0 Å². The molecule has 0 bridgehead atoms. The van der Waals surface area contributed by atoms with Crippen molar-refractivity contribution in [1.29, 1.82) is 0 Å². The second-order valence-corrected chi connectivity index (χ2v) is 17.4. The Kier molecular flexibility index (Phi) is 13.0. The Morgan fingerprint density at radius 1 is 0.342 bits per heavy atom. The molecule has 12 rings (SSSR count). The molecule has 0 aliphatic heterocycles. The topological polar surface area (TPSA) is 48.5 Å². The number of benzene rings is 9. The Hall–Kier alpha value is -8.94. The predicted molar refractivity (Wildman–Crippen MR) is 284 cm³/mol. The van der Waals surface area contributed by atoms with Gasteiger partial charge in [0.05, 0.1) is 12.4 Å². The molecule has 0 spiro atoms. The number of nitrogens with zero attached hydrogens (tertiary/aromatic N) is 5. The average Bonchev–Trinajstić information content (AvgIpc) is 4.16. The Bertz CT molecular complexity index is 3720. The van der Waals surface area contributed by atoms with Gasteiger partial charge in [0.1, 0.15) is 0 Å². The molecule has 0 unspecified atom stereocenters. The van der Waals surface area contributed by atoms with E-state index in [9.17, 15) is 8.78 Å². The maximum atomic E-state index is 13.9. The SMILES string of the molecule is Fc1c[c-]c(-n2cc(-c3ccccc3-c3cc(-c4ccccc4-c4ccc(-c5[c-]ccc(-c6ccc(-c7ccccc7)cc6)c5)nc4)cc(-c4ccccc4-c4cnn(-c5[c-]cc(F)cc5)c4)c3)cn2)cc1.[Ir+3]. The molecule has 0 fully saturated rings. The van der Waals surface area contributed by atoms with E-state index in [0.29, 0.717) is 11.4 Å². The molecule has 73 heavy (non-hydrogen) atoms. The molecule has 12 aromatic rings. The van der Waals surface area contributed by atoms with Crippen molar-refractivity contribution >= 4 is 0 Å². The molecular formula is C65H40F2IrN5. The summed E-state index contributed by atoms with van der Waals surface area (Å²) in [4.78, 5) is 5.04. The number of halogens is 2.